The van der Waals surface area contributed by atoms with Gasteiger partial charge in [0.25, 0.3) is 11.8 Å². The van der Waals surface area contributed by atoms with Crippen LogP contribution >= 0.6 is 11.6 Å². The zero-order chi connectivity index (χ0) is 21.9. The normalized spacial score (nSPS) is 10.2. The summed E-state index contributed by atoms with van der Waals surface area (Å²) in [6.45, 7) is 3.65. The van der Waals surface area contributed by atoms with Gasteiger partial charge in [-0.05, 0) is 55.3 Å². The number of carbonyl (C=O) groups excluding carboxylic acids is 3. The topological polar surface area (TPSA) is 93.7 Å². The molecule has 2 N–H and O–H groups in total. The molecule has 0 heterocycles. The molecule has 0 aliphatic carbocycles. The molecule has 0 saturated heterocycles. The highest BCUT2D eigenvalue weighted by Gasteiger charge is 2.12. The number of amides is 2. The number of benzene rings is 2. The van der Waals surface area contributed by atoms with Crippen molar-refractivity contribution < 1.29 is 23.9 Å². The molecule has 0 atom stereocenters. The maximum absolute atomic E-state index is 12.1. The van der Waals surface area contributed by atoms with Gasteiger partial charge in [-0.25, -0.2) is 0 Å². The van der Waals surface area contributed by atoms with Crippen molar-refractivity contribution in [2.24, 2.45) is 0 Å². The molecular formula is C22H25ClN2O5. The summed E-state index contributed by atoms with van der Waals surface area (Å²) in [5.41, 5.74) is 1.65. The van der Waals surface area contributed by atoms with Crippen LogP contribution in [0.5, 0.6) is 5.75 Å². The van der Waals surface area contributed by atoms with E-state index in [1.165, 1.54) is 0 Å². The lowest BCUT2D eigenvalue weighted by molar-refractivity contribution is -0.146. The van der Waals surface area contributed by atoms with Crippen molar-refractivity contribution in [2.45, 2.75) is 26.7 Å². The van der Waals surface area contributed by atoms with Crippen LogP contribution in [0.3, 0.4) is 0 Å². The fourth-order valence-electron chi connectivity index (χ4n) is 2.42. The van der Waals surface area contributed by atoms with Gasteiger partial charge in [-0.15, -0.1) is 0 Å². The quantitative estimate of drug-likeness (QED) is 0.440. The molecule has 160 valence electrons. The molecule has 0 aromatic heterocycles. The summed E-state index contributed by atoms with van der Waals surface area (Å²) in [5, 5.41) is 5.60. The van der Waals surface area contributed by atoms with E-state index in [4.69, 9.17) is 21.1 Å². The first-order valence-corrected chi connectivity index (χ1v) is 10.00. The average Bonchev–Trinajstić information content (AvgIpc) is 2.74. The maximum Gasteiger partial charge on any atom is 0.325 e. The Morgan fingerprint density at radius 3 is 2.50 bits per heavy atom. The lowest BCUT2D eigenvalue weighted by Crippen LogP contribution is -2.32. The molecule has 0 fully saturated rings. The summed E-state index contributed by atoms with van der Waals surface area (Å²) in [6.07, 6.45) is 2.00. The van der Waals surface area contributed by atoms with Gasteiger partial charge in [-0.1, -0.05) is 31.0 Å². The number of nitrogens with one attached hydrogen (secondary N) is 2. The molecule has 0 spiro atoms. The minimum Gasteiger partial charge on any atom is -0.494 e. The van der Waals surface area contributed by atoms with Gasteiger partial charge in [0.2, 0.25) is 0 Å². The third kappa shape index (κ3) is 7.40. The lowest BCUT2D eigenvalue weighted by Gasteiger charge is -2.10. The standard InChI is InChI=1S/C22H25ClN2O5/c1-3-4-12-29-17-10-8-16(9-11-17)22(28)24-13-21(27)30-14-20(26)25-19-7-5-6-18(23)15(19)2/h5-11H,3-4,12-14H2,1-2H3,(H,24,28)(H,25,26). The van der Waals surface area contributed by atoms with E-state index in [-0.39, 0.29) is 6.54 Å². The Kier molecular flexibility index (Phi) is 9.15. The Morgan fingerprint density at radius 1 is 1.07 bits per heavy atom. The van der Waals surface area contributed by atoms with Gasteiger partial charge < -0.3 is 20.1 Å². The Balaban J connectivity index is 1.72. The number of hydrogen-bond acceptors (Lipinski definition) is 5. The van der Waals surface area contributed by atoms with Crippen LogP contribution in [0.2, 0.25) is 5.02 Å². The summed E-state index contributed by atoms with van der Waals surface area (Å²) >= 11 is 6.00. The number of ether oxygens (including phenoxy) is 2. The second-order valence-electron chi connectivity index (χ2n) is 6.53. The van der Waals surface area contributed by atoms with Gasteiger partial charge in [0, 0.05) is 16.3 Å². The van der Waals surface area contributed by atoms with Crippen LogP contribution in [0.4, 0.5) is 5.69 Å². The van der Waals surface area contributed by atoms with Gasteiger partial charge >= 0.3 is 5.97 Å². The molecule has 0 unspecified atom stereocenters. The van der Waals surface area contributed by atoms with Crippen LogP contribution in [-0.2, 0) is 14.3 Å². The summed E-state index contributed by atoms with van der Waals surface area (Å²) in [4.78, 5) is 35.9. The Bertz CT molecular complexity index is 884. The van der Waals surface area contributed by atoms with Crippen LogP contribution in [0.15, 0.2) is 42.5 Å². The van der Waals surface area contributed by atoms with Crippen molar-refractivity contribution >= 4 is 35.1 Å². The van der Waals surface area contributed by atoms with Gasteiger partial charge in [0.05, 0.1) is 6.61 Å². The highest BCUT2D eigenvalue weighted by Crippen LogP contribution is 2.22. The molecule has 0 bridgehead atoms. The fraction of sp³-hybridized carbons (Fsp3) is 0.318. The predicted molar refractivity (Wildman–Crippen MR) is 115 cm³/mol. The second-order valence-corrected chi connectivity index (χ2v) is 6.94. The lowest BCUT2D eigenvalue weighted by atomic mass is 10.2. The van der Waals surface area contributed by atoms with E-state index >= 15 is 0 Å². The highest BCUT2D eigenvalue weighted by molar-refractivity contribution is 6.31. The first-order chi connectivity index (χ1) is 14.4. The smallest absolute Gasteiger partial charge is 0.325 e. The number of rotatable bonds is 10. The molecule has 0 aliphatic rings. The molecule has 0 radical (unpaired) electrons. The molecule has 0 saturated carbocycles. The zero-order valence-electron chi connectivity index (χ0n) is 17.0. The minimum absolute atomic E-state index is 0.350. The van der Waals surface area contributed by atoms with E-state index in [2.05, 4.69) is 17.6 Å². The Labute approximate surface area is 180 Å². The van der Waals surface area contributed by atoms with Gasteiger partial charge in [0.15, 0.2) is 6.61 Å². The highest BCUT2D eigenvalue weighted by atomic mass is 35.5. The van der Waals surface area contributed by atoms with Crippen LogP contribution in [-0.4, -0.2) is 37.5 Å². The molecule has 2 aromatic rings. The van der Waals surface area contributed by atoms with Crippen molar-refractivity contribution in [1.29, 1.82) is 0 Å². The van der Waals surface area contributed by atoms with Crippen LogP contribution < -0.4 is 15.4 Å². The molecule has 2 rings (SSSR count). The largest absolute Gasteiger partial charge is 0.494 e. The molecule has 2 aromatic carbocycles. The zero-order valence-corrected chi connectivity index (χ0v) is 17.8. The van der Waals surface area contributed by atoms with Crippen LogP contribution in [0, 0.1) is 6.92 Å². The van der Waals surface area contributed by atoms with E-state index in [9.17, 15) is 14.4 Å². The van der Waals surface area contributed by atoms with Gasteiger partial charge in [-0.2, -0.15) is 0 Å². The summed E-state index contributed by atoms with van der Waals surface area (Å²) in [6, 6.07) is 11.7. The van der Waals surface area contributed by atoms with Gasteiger partial charge in [0.1, 0.15) is 12.3 Å². The number of unbranched alkanes of at least 4 members (excludes halogenated alkanes) is 1. The molecule has 2 amide bonds. The summed E-state index contributed by atoms with van der Waals surface area (Å²) in [5.74, 6) is -0.967. The average molecular weight is 433 g/mol. The minimum atomic E-state index is -0.721. The molecule has 7 nitrogen and oxygen atoms in total. The van der Waals surface area contributed by atoms with Crippen LogP contribution in [0.1, 0.15) is 35.7 Å². The van der Waals surface area contributed by atoms with Crippen molar-refractivity contribution in [2.75, 3.05) is 25.1 Å². The van der Waals surface area contributed by atoms with Crippen molar-refractivity contribution in [1.82, 2.24) is 5.32 Å². The third-order valence-corrected chi connectivity index (χ3v) is 4.59. The van der Waals surface area contributed by atoms with E-state index in [1.54, 1.807) is 49.4 Å². The predicted octanol–water partition coefficient (Wildman–Crippen LogP) is 3.74. The fourth-order valence-corrected chi connectivity index (χ4v) is 2.59. The summed E-state index contributed by atoms with van der Waals surface area (Å²) < 4.78 is 10.4. The molecule has 0 aliphatic heterocycles. The van der Waals surface area contributed by atoms with Gasteiger partial charge in [-0.3, -0.25) is 14.4 Å². The van der Waals surface area contributed by atoms with E-state index in [0.29, 0.717) is 34.2 Å². The number of hydrogen-bond donors (Lipinski definition) is 2. The monoisotopic (exact) mass is 432 g/mol. The number of esters is 1. The van der Waals surface area contributed by atoms with Crippen LogP contribution in [0.25, 0.3) is 0 Å². The SMILES string of the molecule is CCCCOc1ccc(C(=O)NCC(=O)OCC(=O)Nc2cccc(Cl)c2C)cc1. The second kappa shape index (κ2) is 11.8. The van der Waals surface area contributed by atoms with E-state index in [0.717, 1.165) is 12.8 Å². The van der Waals surface area contributed by atoms with Crippen molar-refractivity contribution in [3.05, 3.63) is 58.6 Å². The summed E-state index contributed by atoms with van der Waals surface area (Å²) in [7, 11) is 0. The third-order valence-electron chi connectivity index (χ3n) is 4.18. The van der Waals surface area contributed by atoms with E-state index < -0.39 is 24.4 Å². The van der Waals surface area contributed by atoms with Crippen molar-refractivity contribution in [3.8, 4) is 5.75 Å². The maximum atomic E-state index is 12.1. The first-order valence-electron chi connectivity index (χ1n) is 9.62. The Hall–Kier alpha value is -3.06. The molecular weight excluding hydrogens is 408 g/mol. The number of carbonyl (C=O) groups is 3. The number of halogens is 1. The van der Waals surface area contributed by atoms with E-state index in [1.807, 2.05) is 0 Å². The molecule has 8 heteroatoms. The van der Waals surface area contributed by atoms with Crippen molar-refractivity contribution in [3.63, 3.8) is 0 Å². The molecule has 30 heavy (non-hydrogen) atoms. The Morgan fingerprint density at radius 2 is 1.80 bits per heavy atom. The first kappa shape index (κ1) is 23.2. The number of anilines is 1.